The van der Waals surface area contributed by atoms with Crippen molar-refractivity contribution in [1.82, 2.24) is 9.97 Å². The molecular formula is C13H11F3N2O2. The molecule has 1 unspecified atom stereocenters. The average Bonchev–Trinajstić information content (AvgIpc) is 2.45. The maximum Gasteiger partial charge on any atom is 0.416 e. The van der Waals surface area contributed by atoms with Crippen molar-refractivity contribution in [2.75, 3.05) is 7.11 Å². The SMILES string of the molecule is COc1nccnc1C(O)c1cccc(C(F)(F)F)c1. The van der Waals surface area contributed by atoms with E-state index < -0.39 is 17.8 Å². The van der Waals surface area contributed by atoms with Crippen molar-refractivity contribution in [1.29, 1.82) is 0 Å². The normalized spacial score (nSPS) is 13.1. The van der Waals surface area contributed by atoms with Crippen LogP contribution < -0.4 is 4.74 Å². The van der Waals surface area contributed by atoms with E-state index in [1.807, 2.05) is 0 Å². The van der Waals surface area contributed by atoms with Gasteiger partial charge in [-0.05, 0) is 17.7 Å². The summed E-state index contributed by atoms with van der Waals surface area (Å²) in [6.45, 7) is 0. The summed E-state index contributed by atoms with van der Waals surface area (Å²) in [6.07, 6.45) is -3.13. The lowest BCUT2D eigenvalue weighted by Gasteiger charge is -2.14. The maximum absolute atomic E-state index is 12.6. The summed E-state index contributed by atoms with van der Waals surface area (Å²) in [7, 11) is 1.34. The first-order valence-electron chi connectivity index (χ1n) is 5.63. The van der Waals surface area contributed by atoms with Crippen LogP contribution >= 0.6 is 0 Å². The van der Waals surface area contributed by atoms with Gasteiger partial charge in [-0.3, -0.25) is 4.98 Å². The zero-order valence-electron chi connectivity index (χ0n) is 10.4. The monoisotopic (exact) mass is 284 g/mol. The predicted molar refractivity (Wildman–Crippen MR) is 64.1 cm³/mol. The Kier molecular flexibility index (Phi) is 3.89. The molecule has 0 saturated heterocycles. The molecule has 20 heavy (non-hydrogen) atoms. The largest absolute Gasteiger partial charge is 0.480 e. The molecule has 0 bridgehead atoms. The van der Waals surface area contributed by atoms with Crippen molar-refractivity contribution in [3.8, 4) is 5.88 Å². The van der Waals surface area contributed by atoms with Crippen molar-refractivity contribution in [2.24, 2.45) is 0 Å². The molecule has 106 valence electrons. The van der Waals surface area contributed by atoms with Crippen LogP contribution in [0.5, 0.6) is 5.88 Å². The number of ether oxygens (including phenoxy) is 1. The fourth-order valence-corrected chi connectivity index (χ4v) is 1.72. The minimum Gasteiger partial charge on any atom is -0.480 e. The van der Waals surface area contributed by atoms with E-state index >= 15 is 0 Å². The maximum atomic E-state index is 12.6. The molecule has 1 aromatic carbocycles. The Morgan fingerprint density at radius 1 is 1.20 bits per heavy atom. The van der Waals surface area contributed by atoms with E-state index in [1.54, 1.807) is 0 Å². The van der Waals surface area contributed by atoms with Gasteiger partial charge in [-0.1, -0.05) is 12.1 Å². The minimum absolute atomic E-state index is 0.0642. The molecule has 7 heteroatoms. The lowest BCUT2D eigenvalue weighted by Crippen LogP contribution is -2.09. The van der Waals surface area contributed by atoms with Gasteiger partial charge in [0.15, 0.2) is 0 Å². The van der Waals surface area contributed by atoms with Crippen LogP contribution in [0.15, 0.2) is 36.7 Å². The summed E-state index contributed by atoms with van der Waals surface area (Å²) in [4.78, 5) is 7.75. The first-order chi connectivity index (χ1) is 9.43. The summed E-state index contributed by atoms with van der Waals surface area (Å²) in [5.74, 6) is 0.0670. The number of aromatic nitrogens is 2. The van der Waals surface area contributed by atoms with E-state index in [9.17, 15) is 18.3 Å². The molecule has 1 heterocycles. The Morgan fingerprint density at radius 3 is 2.55 bits per heavy atom. The lowest BCUT2D eigenvalue weighted by atomic mass is 10.0. The zero-order chi connectivity index (χ0) is 14.8. The Balaban J connectivity index is 2.41. The number of halogens is 3. The van der Waals surface area contributed by atoms with Crippen LogP contribution in [0.1, 0.15) is 22.9 Å². The van der Waals surface area contributed by atoms with Crippen LogP contribution in [0, 0.1) is 0 Å². The first-order valence-corrected chi connectivity index (χ1v) is 5.63. The molecule has 2 aromatic rings. The third-order valence-electron chi connectivity index (χ3n) is 2.67. The second-order valence-electron chi connectivity index (χ2n) is 3.98. The molecule has 0 amide bonds. The minimum atomic E-state index is -4.47. The van der Waals surface area contributed by atoms with Crippen molar-refractivity contribution in [3.63, 3.8) is 0 Å². The van der Waals surface area contributed by atoms with E-state index in [1.165, 1.54) is 31.6 Å². The van der Waals surface area contributed by atoms with Crippen LogP contribution in [-0.4, -0.2) is 22.2 Å². The second-order valence-corrected chi connectivity index (χ2v) is 3.98. The molecular weight excluding hydrogens is 273 g/mol. The lowest BCUT2D eigenvalue weighted by molar-refractivity contribution is -0.137. The van der Waals surface area contributed by atoms with Gasteiger partial charge in [-0.15, -0.1) is 0 Å². The van der Waals surface area contributed by atoms with Gasteiger partial charge in [-0.25, -0.2) is 4.98 Å². The highest BCUT2D eigenvalue weighted by Gasteiger charge is 2.31. The Hall–Kier alpha value is -2.15. The smallest absolute Gasteiger partial charge is 0.416 e. The number of benzene rings is 1. The quantitative estimate of drug-likeness (QED) is 0.941. The average molecular weight is 284 g/mol. The van der Waals surface area contributed by atoms with Gasteiger partial charge in [0, 0.05) is 12.4 Å². The number of alkyl halides is 3. The summed E-state index contributed by atoms with van der Waals surface area (Å²) in [5.41, 5.74) is -0.704. The van der Waals surface area contributed by atoms with Gasteiger partial charge in [-0.2, -0.15) is 13.2 Å². The van der Waals surface area contributed by atoms with Gasteiger partial charge in [0.1, 0.15) is 11.8 Å². The third kappa shape index (κ3) is 2.88. The van der Waals surface area contributed by atoms with Gasteiger partial charge < -0.3 is 9.84 Å². The van der Waals surface area contributed by atoms with Gasteiger partial charge in [0.25, 0.3) is 0 Å². The van der Waals surface area contributed by atoms with Crippen LogP contribution in [0.2, 0.25) is 0 Å². The summed E-state index contributed by atoms with van der Waals surface area (Å²) < 4.78 is 42.9. The molecule has 1 aromatic heterocycles. The molecule has 1 atom stereocenters. The Morgan fingerprint density at radius 2 is 1.90 bits per heavy atom. The van der Waals surface area contributed by atoms with Crippen LogP contribution in [0.3, 0.4) is 0 Å². The van der Waals surface area contributed by atoms with Crippen molar-refractivity contribution < 1.29 is 23.0 Å². The highest BCUT2D eigenvalue weighted by atomic mass is 19.4. The van der Waals surface area contributed by atoms with Crippen LogP contribution in [0.4, 0.5) is 13.2 Å². The van der Waals surface area contributed by atoms with E-state index in [0.717, 1.165) is 12.1 Å². The van der Waals surface area contributed by atoms with E-state index in [2.05, 4.69) is 9.97 Å². The summed E-state index contributed by atoms with van der Waals surface area (Å²) in [5, 5.41) is 10.1. The molecule has 0 aliphatic rings. The Bertz CT molecular complexity index is 602. The van der Waals surface area contributed by atoms with Gasteiger partial charge >= 0.3 is 6.18 Å². The number of aliphatic hydroxyl groups excluding tert-OH is 1. The highest BCUT2D eigenvalue weighted by molar-refractivity contribution is 5.34. The number of hydrogen-bond acceptors (Lipinski definition) is 4. The highest BCUT2D eigenvalue weighted by Crippen LogP contribution is 2.32. The van der Waals surface area contributed by atoms with Gasteiger partial charge in [0.05, 0.1) is 12.7 Å². The molecule has 0 saturated carbocycles. The third-order valence-corrected chi connectivity index (χ3v) is 2.67. The number of methoxy groups -OCH3 is 1. The topological polar surface area (TPSA) is 55.2 Å². The molecule has 0 fully saturated rings. The fraction of sp³-hybridized carbons (Fsp3) is 0.231. The summed E-state index contributed by atoms with van der Waals surface area (Å²) >= 11 is 0. The predicted octanol–water partition coefficient (Wildman–Crippen LogP) is 2.59. The van der Waals surface area contributed by atoms with Crippen molar-refractivity contribution in [3.05, 3.63) is 53.5 Å². The van der Waals surface area contributed by atoms with Crippen LogP contribution in [0.25, 0.3) is 0 Å². The second kappa shape index (κ2) is 5.46. The first kappa shape index (κ1) is 14.3. The standard InChI is InChI=1S/C13H11F3N2O2/c1-20-12-10(17-5-6-18-12)11(19)8-3-2-4-9(7-8)13(14,15)16/h2-7,11,19H,1H3. The molecule has 0 aliphatic heterocycles. The molecule has 0 spiro atoms. The van der Waals surface area contributed by atoms with Gasteiger partial charge in [0.2, 0.25) is 5.88 Å². The number of hydrogen-bond donors (Lipinski definition) is 1. The number of nitrogens with zero attached hydrogens (tertiary/aromatic N) is 2. The van der Waals surface area contributed by atoms with E-state index in [4.69, 9.17) is 4.74 Å². The summed E-state index contributed by atoms with van der Waals surface area (Å²) in [6, 6.07) is 4.42. The molecule has 0 aliphatic carbocycles. The van der Waals surface area contributed by atoms with E-state index in [-0.39, 0.29) is 17.1 Å². The number of rotatable bonds is 3. The molecule has 4 nitrogen and oxygen atoms in total. The van der Waals surface area contributed by atoms with E-state index in [0.29, 0.717) is 0 Å². The van der Waals surface area contributed by atoms with Crippen LogP contribution in [-0.2, 0) is 6.18 Å². The van der Waals surface area contributed by atoms with Crippen molar-refractivity contribution in [2.45, 2.75) is 12.3 Å². The molecule has 0 radical (unpaired) electrons. The number of aliphatic hydroxyl groups is 1. The molecule has 1 N–H and O–H groups in total. The van der Waals surface area contributed by atoms with Crippen molar-refractivity contribution >= 4 is 0 Å². The Labute approximate surface area is 112 Å². The zero-order valence-corrected chi connectivity index (χ0v) is 10.4. The molecule has 2 rings (SSSR count). The fourth-order valence-electron chi connectivity index (χ4n) is 1.72.